The summed E-state index contributed by atoms with van der Waals surface area (Å²) in [6.45, 7) is 0.572. The van der Waals surface area contributed by atoms with Crippen molar-refractivity contribution in [3.8, 4) is 11.3 Å². The molecule has 5 heteroatoms. The molecule has 2 aromatic carbocycles. The maximum Gasteiger partial charge on any atom is 0.125 e. The molecule has 0 radical (unpaired) electrons. The van der Waals surface area contributed by atoms with E-state index in [9.17, 15) is 4.39 Å². The van der Waals surface area contributed by atoms with Gasteiger partial charge in [-0.05, 0) is 30.3 Å². The van der Waals surface area contributed by atoms with E-state index in [1.54, 1.807) is 12.3 Å². The summed E-state index contributed by atoms with van der Waals surface area (Å²) in [6.07, 6.45) is 1.70. The van der Waals surface area contributed by atoms with Crippen LogP contribution >= 0.6 is 11.6 Å². The zero-order valence-electron chi connectivity index (χ0n) is 11.1. The number of hydrogen-bond acceptors (Lipinski definition) is 2. The van der Waals surface area contributed by atoms with E-state index in [2.05, 4.69) is 15.3 Å². The third-order valence-corrected chi connectivity index (χ3v) is 3.40. The van der Waals surface area contributed by atoms with Crippen LogP contribution in [0.1, 0.15) is 5.82 Å². The normalized spacial score (nSPS) is 10.6. The highest BCUT2D eigenvalue weighted by Gasteiger charge is 2.08. The quantitative estimate of drug-likeness (QED) is 0.746. The molecule has 3 aromatic rings. The lowest BCUT2D eigenvalue weighted by molar-refractivity contribution is 0.628. The van der Waals surface area contributed by atoms with Gasteiger partial charge in [0.15, 0.2) is 0 Å². The van der Waals surface area contributed by atoms with Gasteiger partial charge in [0, 0.05) is 11.3 Å². The molecule has 0 aliphatic heterocycles. The van der Waals surface area contributed by atoms with Crippen LogP contribution in [0.5, 0.6) is 0 Å². The molecule has 1 heterocycles. The molecular weight excluding hydrogens is 289 g/mol. The van der Waals surface area contributed by atoms with Crippen LogP contribution in [-0.2, 0) is 6.54 Å². The molecular formula is C16H13ClFN3. The summed E-state index contributed by atoms with van der Waals surface area (Å²) in [5.41, 5.74) is 2.52. The van der Waals surface area contributed by atoms with Crippen LogP contribution in [0.15, 0.2) is 54.7 Å². The molecule has 106 valence electrons. The van der Waals surface area contributed by atoms with Crippen molar-refractivity contribution < 1.29 is 4.39 Å². The Hall–Kier alpha value is -2.33. The minimum Gasteiger partial charge on any atom is -0.378 e. The number of nitrogens with zero attached hydrogens (tertiary/aromatic N) is 1. The van der Waals surface area contributed by atoms with Crippen molar-refractivity contribution in [2.45, 2.75) is 6.54 Å². The summed E-state index contributed by atoms with van der Waals surface area (Å²) < 4.78 is 13.1. The van der Waals surface area contributed by atoms with Gasteiger partial charge < -0.3 is 10.3 Å². The standard InChI is InChI=1S/C16H13ClFN3/c17-14-8-11(18)6-7-13(14)15-9-20-16(21-15)10-19-12-4-2-1-3-5-12/h1-9,19H,10H2,(H,20,21). The lowest BCUT2D eigenvalue weighted by Gasteiger charge is -2.04. The number of imidazole rings is 1. The highest BCUT2D eigenvalue weighted by Crippen LogP contribution is 2.27. The molecule has 0 aliphatic carbocycles. The fourth-order valence-electron chi connectivity index (χ4n) is 2.04. The lowest BCUT2D eigenvalue weighted by atomic mass is 10.2. The Balaban J connectivity index is 1.74. The Morgan fingerprint density at radius 1 is 1.14 bits per heavy atom. The van der Waals surface area contributed by atoms with Crippen molar-refractivity contribution >= 4 is 17.3 Å². The SMILES string of the molecule is Fc1ccc(-c2cnc(CNc3ccccc3)[nH]2)c(Cl)c1. The van der Waals surface area contributed by atoms with Crippen molar-refractivity contribution in [3.63, 3.8) is 0 Å². The van der Waals surface area contributed by atoms with Gasteiger partial charge in [-0.25, -0.2) is 9.37 Å². The highest BCUT2D eigenvalue weighted by molar-refractivity contribution is 6.33. The zero-order valence-corrected chi connectivity index (χ0v) is 11.9. The molecule has 0 atom stereocenters. The van der Waals surface area contributed by atoms with Crippen LogP contribution in [0.3, 0.4) is 0 Å². The maximum atomic E-state index is 13.1. The number of H-pyrrole nitrogens is 1. The van der Waals surface area contributed by atoms with Gasteiger partial charge >= 0.3 is 0 Å². The third-order valence-electron chi connectivity index (χ3n) is 3.08. The number of anilines is 1. The number of halogens is 2. The zero-order chi connectivity index (χ0) is 14.7. The predicted octanol–water partition coefficient (Wildman–Crippen LogP) is 4.48. The number of benzene rings is 2. The van der Waals surface area contributed by atoms with E-state index in [0.29, 0.717) is 11.6 Å². The largest absolute Gasteiger partial charge is 0.378 e. The lowest BCUT2D eigenvalue weighted by Crippen LogP contribution is -2.00. The molecule has 0 unspecified atom stereocenters. The second-order valence-corrected chi connectivity index (χ2v) is 4.99. The first kappa shape index (κ1) is 13.6. The number of para-hydroxylation sites is 1. The molecule has 0 fully saturated rings. The second kappa shape index (κ2) is 5.97. The van der Waals surface area contributed by atoms with Crippen molar-refractivity contribution in [3.05, 3.63) is 71.4 Å². The van der Waals surface area contributed by atoms with Gasteiger partial charge in [0.25, 0.3) is 0 Å². The smallest absolute Gasteiger partial charge is 0.125 e. The minimum absolute atomic E-state index is 0.353. The molecule has 0 saturated heterocycles. The van der Waals surface area contributed by atoms with Crippen LogP contribution in [0.2, 0.25) is 5.02 Å². The van der Waals surface area contributed by atoms with Gasteiger partial charge in [0.2, 0.25) is 0 Å². The van der Waals surface area contributed by atoms with E-state index in [1.807, 2.05) is 30.3 Å². The fourth-order valence-corrected chi connectivity index (χ4v) is 2.31. The molecule has 0 spiro atoms. The Morgan fingerprint density at radius 3 is 2.71 bits per heavy atom. The molecule has 3 rings (SSSR count). The summed E-state index contributed by atoms with van der Waals surface area (Å²) in [5, 5.41) is 3.62. The van der Waals surface area contributed by atoms with Crippen LogP contribution < -0.4 is 5.32 Å². The van der Waals surface area contributed by atoms with E-state index in [1.165, 1.54) is 12.1 Å². The maximum absolute atomic E-state index is 13.1. The van der Waals surface area contributed by atoms with Crippen LogP contribution in [0, 0.1) is 5.82 Å². The molecule has 21 heavy (non-hydrogen) atoms. The van der Waals surface area contributed by atoms with E-state index in [0.717, 1.165) is 22.8 Å². The second-order valence-electron chi connectivity index (χ2n) is 4.59. The Labute approximate surface area is 126 Å². The molecule has 3 nitrogen and oxygen atoms in total. The summed E-state index contributed by atoms with van der Waals surface area (Å²) >= 11 is 6.04. The van der Waals surface area contributed by atoms with E-state index >= 15 is 0 Å². The number of nitrogens with one attached hydrogen (secondary N) is 2. The summed E-state index contributed by atoms with van der Waals surface area (Å²) in [5.74, 6) is 0.434. The monoisotopic (exact) mass is 301 g/mol. The predicted molar refractivity (Wildman–Crippen MR) is 82.8 cm³/mol. The van der Waals surface area contributed by atoms with Crippen LogP contribution in [0.4, 0.5) is 10.1 Å². The minimum atomic E-state index is -0.353. The Bertz CT molecular complexity index is 740. The van der Waals surface area contributed by atoms with Crippen molar-refractivity contribution in [2.75, 3.05) is 5.32 Å². The summed E-state index contributed by atoms with van der Waals surface area (Å²) in [6, 6.07) is 14.2. The van der Waals surface area contributed by atoms with Crippen molar-refractivity contribution in [1.29, 1.82) is 0 Å². The third kappa shape index (κ3) is 3.23. The van der Waals surface area contributed by atoms with E-state index in [-0.39, 0.29) is 5.82 Å². The van der Waals surface area contributed by atoms with Gasteiger partial charge in [0.1, 0.15) is 11.6 Å². The molecule has 0 bridgehead atoms. The Morgan fingerprint density at radius 2 is 1.95 bits per heavy atom. The van der Waals surface area contributed by atoms with Gasteiger partial charge in [-0.15, -0.1) is 0 Å². The van der Waals surface area contributed by atoms with Gasteiger partial charge in [0.05, 0.1) is 23.5 Å². The van der Waals surface area contributed by atoms with Gasteiger partial charge in [-0.3, -0.25) is 0 Å². The first-order chi connectivity index (χ1) is 10.2. The molecule has 0 aliphatic rings. The van der Waals surface area contributed by atoms with Crippen molar-refractivity contribution in [2.24, 2.45) is 0 Å². The topological polar surface area (TPSA) is 40.7 Å². The summed E-state index contributed by atoms with van der Waals surface area (Å²) in [7, 11) is 0. The molecule has 1 aromatic heterocycles. The molecule has 2 N–H and O–H groups in total. The van der Waals surface area contributed by atoms with Gasteiger partial charge in [-0.2, -0.15) is 0 Å². The first-order valence-electron chi connectivity index (χ1n) is 6.50. The van der Waals surface area contributed by atoms with Gasteiger partial charge in [-0.1, -0.05) is 29.8 Å². The average Bonchev–Trinajstić information content (AvgIpc) is 2.95. The van der Waals surface area contributed by atoms with Crippen molar-refractivity contribution in [1.82, 2.24) is 9.97 Å². The fraction of sp³-hybridized carbons (Fsp3) is 0.0625. The first-order valence-corrected chi connectivity index (χ1v) is 6.88. The molecule has 0 saturated carbocycles. The van der Waals surface area contributed by atoms with Crippen LogP contribution in [-0.4, -0.2) is 9.97 Å². The molecule has 0 amide bonds. The number of rotatable bonds is 4. The Kier molecular flexibility index (Phi) is 3.88. The van der Waals surface area contributed by atoms with E-state index in [4.69, 9.17) is 11.6 Å². The summed E-state index contributed by atoms with van der Waals surface area (Å²) in [4.78, 5) is 7.48. The number of aromatic amines is 1. The highest BCUT2D eigenvalue weighted by atomic mass is 35.5. The number of hydrogen-bond donors (Lipinski definition) is 2. The average molecular weight is 302 g/mol. The van der Waals surface area contributed by atoms with E-state index < -0.39 is 0 Å². The number of aromatic nitrogens is 2. The van der Waals surface area contributed by atoms with Crippen LogP contribution in [0.25, 0.3) is 11.3 Å².